The second-order valence-corrected chi connectivity index (χ2v) is 5.48. The highest BCUT2D eigenvalue weighted by molar-refractivity contribution is 6.01. The average Bonchev–Trinajstić information content (AvgIpc) is 3.08. The van der Waals surface area contributed by atoms with Gasteiger partial charge < -0.3 is 29.9 Å². The number of hydrogen-bond donors (Lipinski definition) is 1. The zero-order valence-corrected chi connectivity index (χ0v) is 11.5. The molecule has 0 saturated carbocycles. The predicted molar refractivity (Wildman–Crippen MR) is 69.3 cm³/mol. The summed E-state index contributed by atoms with van der Waals surface area (Å²) in [5.74, 6) is -5.19. The van der Waals surface area contributed by atoms with Gasteiger partial charge in [0, 0.05) is 23.1 Å². The fourth-order valence-electron chi connectivity index (χ4n) is 3.30. The summed E-state index contributed by atoms with van der Waals surface area (Å²) in [5.41, 5.74) is -0.0858. The van der Waals surface area contributed by atoms with Crippen molar-refractivity contribution in [3.8, 4) is 0 Å². The minimum atomic E-state index is -1.42. The number of rotatable bonds is 4. The number of carbonyl (C=O) groups excluding carboxylic acids is 3. The first-order valence-corrected chi connectivity index (χ1v) is 6.96. The number of ether oxygens (including phenoxy) is 1. The van der Waals surface area contributed by atoms with E-state index in [1.54, 1.807) is 6.07 Å². The van der Waals surface area contributed by atoms with E-state index in [0.29, 0.717) is 12.8 Å². The third-order valence-corrected chi connectivity index (χ3v) is 4.25. The zero-order chi connectivity index (χ0) is 15.9. The Kier molecular flexibility index (Phi) is 3.58. The molecule has 7 nitrogen and oxygen atoms in total. The van der Waals surface area contributed by atoms with Crippen LogP contribution in [0.15, 0.2) is 24.3 Å². The first-order chi connectivity index (χ1) is 10.5. The number of hydrogen-bond acceptors (Lipinski definition) is 6. The van der Waals surface area contributed by atoms with Crippen molar-refractivity contribution in [2.45, 2.75) is 25.0 Å². The molecule has 2 fully saturated rings. The number of carbonyl (C=O) groups is 3. The van der Waals surface area contributed by atoms with Gasteiger partial charge in [0.1, 0.15) is 0 Å². The van der Waals surface area contributed by atoms with Crippen LogP contribution >= 0.6 is 0 Å². The van der Waals surface area contributed by atoms with Crippen LogP contribution in [0, 0.1) is 11.8 Å². The van der Waals surface area contributed by atoms with Gasteiger partial charge in [0.05, 0.1) is 24.1 Å². The Hall–Kier alpha value is -2.41. The Morgan fingerprint density at radius 1 is 1.05 bits per heavy atom. The molecule has 2 aliphatic rings. The van der Waals surface area contributed by atoms with Crippen molar-refractivity contribution in [1.82, 2.24) is 0 Å². The molecule has 1 amide bonds. The van der Waals surface area contributed by atoms with Crippen LogP contribution < -0.4 is 15.5 Å². The van der Waals surface area contributed by atoms with E-state index in [1.165, 1.54) is 18.2 Å². The molecule has 7 heteroatoms. The summed E-state index contributed by atoms with van der Waals surface area (Å²) in [4.78, 5) is 34.7. The third kappa shape index (κ3) is 2.33. The molecule has 2 bridgehead atoms. The van der Waals surface area contributed by atoms with Gasteiger partial charge in [-0.25, -0.2) is 0 Å². The lowest BCUT2D eigenvalue weighted by molar-refractivity contribution is -0.313. The van der Waals surface area contributed by atoms with E-state index < -0.39 is 41.9 Å². The van der Waals surface area contributed by atoms with Crippen molar-refractivity contribution in [3.05, 3.63) is 29.8 Å². The van der Waals surface area contributed by atoms with Gasteiger partial charge in [-0.05, 0) is 18.9 Å². The molecule has 0 spiro atoms. The lowest BCUT2D eigenvalue weighted by Gasteiger charge is -2.28. The number of para-hydroxylation sites is 1. The van der Waals surface area contributed by atoms with Crippen molar-refractivity contribution in [3.63, 3.8) is 0 Å². The fourth-order valence-corrected chi connectivity index (χ4v) is 3.30. The summed E-state index contributed by atoms with van der Waals surface area (Å²) in [6.45, 7) is 0. The van der Waals surface area contributed by atoms with E-state index in [-0.39, 0.29) is 11.3 Å². The van der Waals surface area contributed by atoms with Gasteiger partial charge in [0.2, 0.25) is 5.91 Å². The zero-order valence-electron chi connectivity index (χ0n) is 11.5. The quantitative estimate of drug-likeness (QED) is 0.725. The van der Waals surface area contributed by atoms with Crippen LogP contribution in [-0.2, 0) is 14.3 Å². The highest BCUT2D eigenvalue weighted by Gasteiger charge is 2.52. The van der Waals surface area contributed by atoms with Gasteiger partial charge in [-0.2, -0.15) is 0 Å². The van der Waals surface area contributed by atoms with E-state index in [9.17, 15) is 24.6 Å². The predicted octanol–water partition coefficient (Wildman–Crippen LogP) is -1.47. The largest absolute Gasteiger partial charge is 0.550 e. The Balaban J connectivity index is 1.83. The maximum Gasteiger partial charge on any atom is 0.230 e. The van der Waals surface area contributed by atoms with Crippen molar-refractivity contribution >= 4 is 23.5 Å². The fraction of sp³-hybridized carbons (Fsp3) is 0.400. The molecule has 22 heavy (non-hydrogen) atoms. The van der Waals surface area contributed by atoms with E-state index in [0.717, 1.165) is 0 Å². The number of nitrogens with one attached hydrogen (secondary N) is 1. The maximum atomic E-state index is 12.4. The summed E-state index contributed by atoms with van der Waals surface area (Å²) in [7, 11) is 0. The first kappa shape index (κ1) is 14.5. The molecule has 0 unspecified atom stereocenters. The number of fused-ring (bicyclic) bond motifs is 2. The number of carboxylic acid groups (broad SMARTS) is 2. The van der Waals surface area contributed by atoms with Gasteiger partial charge in [0.15, 0.2) is 0 Å². The summed E-state index contributed by atoms with van der Waals surface area (Å²) < 4.78 is 5.48. The molecule has 2 heterocycles. The SMILES string of the molecule is O=C([O-])c1ccccc1NC(=O)[C@@H]1[C@H](C(=O)[O-])[C@@H]2CC[C@H]1O2. The lowest BCUT2D eigenvalue weighted by atomic mass is 9.78. The van der Waals surface area contributed by atoms with Crippen LogP contribution in [-0.4, -0.2) is 30.1 Å². The standard InChI is InChI=1S/C15H15NO6/c17-13(16-8-4-2-1-3-7(8)14(18)19)11-9-5-6-10(22-9)12(11)15(20)21/h1-4,9-12H,5-6H2,(H,16,17)(H,18,19)(H,20,21)/p-2/t9-,10+,11+,12-/m1/s1. The van der Waals surface area contributed by atoms with E-state index in [2.05, 4.69) is 5.32 Å². The normalized spacial score (nSPS) is 29.3. The molecular formula is C15H13NO6-2. The highest BCUT2D eigenvalue weighted by Crippen LogP contribution is 2.43. The molecule has 1 aromatic carbocycles. The first-order valence-electron chi connectivity index (χ1n) is 6.96. The van der Waals surface area contributed by atoms with Gasteiger partial charge in [-0.3, -0.25) is 4.79 Å². The van der Waals surface area contributed by atoms with Crippen LogP contribution in [0.2, 0.25) is 0 Å². The minimum Gasteiger partial charge on any atom is -0.550 e. The van der Waals surface area contributed by atoms with Crippen molar-refractivity contribution in [2.24, 2.45) is 11.8 Å². The topological polar surface area (TPSA) is 119 Å². The summed E-state index contributed by atoms with van der Waals surface area (Å²) in [6.07, 6.45) is 0.211. The van der Waals surface area contributed by atoms with Crippen LogP contribution in [0.4, 0.5) is 5.69 Å². The van der Waals surface area contributed by atoms with Gasteiger partial charge in [-0.1, -0.05) is 18.2 Å². The van der Waals surface area contributed by atoms with E-state index >= 15 is 0 Å². The Morgan fingerprint density at radius 2 is 1.68 bits per heavy atom. The Labute approximate surface area is 125 Å². The Bertz CT molecular complexity index is 643. The molecule has 116 valence electrons. The molecule has 0 aliphatic carbocycles. The van der Waals surface area contributed by atoms with Crippen molar-refractivity contribution < 1.29 is 29.3 Å². The molecule has 4 atom stereocenters. The van der Waals surface area contributed by atoms with Crippen LogP contribution in [0.5, 0.6) is 0 Å². The molecule has 2 saturated heterocycles. The summed E-state index contributed by atoms with van der Waals surface area (Å²) >= 11 is 0. The number of benzene rings is 1. The Morgan fingerprint density at radius 3 is 2.32 bits per heavy atom. The lowest BCUT2D eigenvalue weighted by Crippen LogP contribution is -2.46. The molecule has 0 aromatic heterocycles. The third-order valence-electron chi connectivity index (χ3n) is 4.25. The monoisotopic (exact) mass is 303 g/mol. The highest BCUT2D eigenvalue weighted by atomic mass is 16.5. The smallest absolute Gasteiger partial charge is 0.230 e. The second kappa shape index (κ2) is 5.42. The number of amides is 1. The maximum absolute atomic E-state index is 12.4. The van der Waals surface area contributed by atoms with Gasteiger partial charge >= 0.3 is 0 Å². The summed E-state index contributed by atoms with van der Waals surface area (Å²) in [6, 6.07) is 5.80. The molecule has 1 N–H and O–H groups in total. The number of aliphatic carboxylic acids is 1. The minimum absolute atomic E-state index is 0.0763. The second-order valence-electron chi connectivity index (χ2n) is 5.48. The van der Waals surface area contributed by atoms with E-state index in [1.807, 2.05) is 0 Å². The average molecular weight is 303 g/mol. The molecular weight excluding hydrogens is 290 g/mol. The summed E-state index contributed by atoms with van der Waals surface area (Å²) in [5, 5.41) is 24.8. The molecule has 1 aromatic rings. The van der Waals surface area contributed by atoms with Gasteiger partial charge in [-0.15, -0.1) is 0 Å². The van der Waals surface area contributed by atoms with Gasteiger partial charge in [0.25, 0.3) is 0 Å². The number of aromatic carboxylic acids is 1. The van der Waals surface area contributed by atoms with E-state index in [4.69, 9.17) is 4.74 Å². The van der Waals surface area contributed by atoms with Crippen molar-refractivity contribution in [2.75, 3.05) is 5.32 Å². The van der Waals surface area contributed by atoms with Crippen LogP contribution in [0.1, 0.15) is 23.2 Å². The van der Waals surface area contributed by atoms with Crippen molar-refractivity contribution in [1.29, 1.82) is 0 Å². The van der Waals surface area contributed by atoms with Crippen LogP contribution in [0.3, 0.4) is 0 Å². The molecule has 3 rings (SSSR count). The molecule has 2 aliphatic heterocycles. The number of carboxylic acids is 2. The van der Waals surface area contributed by atoms with Crippen LogP contribution in [0.25, 0.3) is 0 Å². The molecule has 0 radical (unpaired) electrons. The number of anilines is 1.